The molecule has 1 amide bonds. The number of ether oxygens (including phenoxy) is 1. The van der Waals surface area contributed by atoms with E-state index in [-0.39, 0.29) is 0 Å². The van der Waals surface area contributed by atoms with E-state index in [1.54, 1.807) is 19.1 Å². The highest BCUT2D eigenvalue weighted by Crippen LogP contribution is 2.21. The summed E-state index contributed by atoms with van der Waals surface area (Å²) >= 11 is 9.03. The van der Waals surface area contributed by atoms with Crippen LogP contribution < -0.4 is 5.32 Å². The third-order valence-corrected chi connectivity index (χ3v) is 3.00. The average Bonchev–Trinajstić information content (AvgIpc) is 2.30. The van der Waals surface area contributed by atoms with Crippen molar-refractivity contribution in [2.24, 2.45) is 0 Å². The Morgan fingerprint density at radius 3 is 2.71 bits per heavy atom. The third kappa shape index (κ3) is 3.71. The van der Waals surface area contributed by atoms with Gasteiger partial charge in [-0.15, -0.1) is 0 Å². The van der Waals surface area contributed by atoms with Crippen LogP contribution in [0.25, 0.3) is 0 Å². The molecular weight excluding hydrogens is 309 g/mol. The number of nitrogens with one attached hydrogen (secondary N) is 1. The zero-order valence-electron chi connectivity index (χ0n) is 9.29. The highest BCUT2D eigenvalue weighted by atomic mass is 79.9. The first-order chi connectivity index (χ1) is 7.95. The summed E-state index contributed by atoms with van der Waals surface area (Å²) in [5, 5.41) is 2.96. The number of amides is 1. The number of carbonyl (C=O) groups excluding carboxylic acids is 2. The first-order valence-corrected chi connectivity index (χ1v) is 5.96. The molecule has 1 N–H and O–H groups in total. The molecular formula is C11H11BrClNO3. The normalized spacial score (nSPS) is 11.8. The molecule has 1 aromatic rings. The molecule has 1 rings (SSSR count). The van der Waals surface area contributed by atoms with Crippen molar-refractivity contribution in [3.63, 3.8) is 0 Å². The fourth-order valence-corrected chi connectivity index (χ4v) is 1.78. The lowest BCUT2D eigenvalue weighted by molar-refractivity contribution is -0.142. The van der Waals surface area contributed by atoms with Crippen LogP contribution in [0.2, 0.25) is 5.02 Å². The van der Waals surface area contributed by atoms with Crippen molar-refractivity contribution in [1.29, 1.82) is 0 Å². The monoisotopic (exact) mass is 319 g/mol. The Balaban J connectivity index is 2.83. The molecule has 0 saturated carbocycles. The Kier molecular flexibility index (Phi) is 4.96. The van der Waals surface area contributed by atoms with Crippen molar-refractivity contribution in [3.05, 3.63) is 33.3 Å². The van der Waals surface area contributed by atoms with Gasteiger partial charge in [0.05, 0.1) is 12.7 Å². The molecule has 0 aliphatic heterocycles. The van der Waals surface area contributed by atoms with Crippen molar-refractivity contribution < 1.29 is 14.3 Å². The number of rotatable bonds is 3. The van der Waals surface area contributed by atoms with E-state index in [2.05, 4.69) is 26.0 Å². The predicted molar refractivity (Wildman–Crippen MR) is 68.1 cm³/mol. The van der Waals surface area contributed by atoms with Gasteiger partial charge in [0.25, 0.3) is 5.91 Å². The van der Waals surface area contributed by atoms with Gasteiger partial charge in [0.1, 0.15) is 6.04 Å². The van der Waals surface area contributed by atoms with E-state index >= 15 is 0 Å². The molecule has 0 bridgehead atoms. The van der Waals surface area contributed by atoms with Crippen LogP contribution in [0.1, 0.15) is 17.3 Å². The lowest BCUT2D eigenvalue weighted by atomic mass is 10.2. The second-order valence-electron chi connectivity index (χ2n) is 3.34. The first kappa shape index (κ1) is 14.0. The Hall–Kier alpha value is -1.07. The van der Waals surface area contributed by atoms with Gasteiger partial charge in [0.15, 0.2) is 0 Å². The van der Waals surface area contributed by atoms with Crippen LogP contribution >= 0.6 is 27.5 Å². The van der Waals surface area contributed by atoms with Crippen molar-refractivity contribution in [2.75, 3.05) is 7.11 Å². The second kappa shape index (κ2) is 6.02. The summed E-state index contributed by atoms with van der Waals surface area (Å²) in [7, 11) is 1.26. The van der Waals surface area contributed by atoms with Crippen LogP contribution in [0.4, 0.5) is 0 Å². The van der Waals surface area contributed by atoms with Crippen molar-refractivity contribution in [3.8, 4) is 0 Å². The molecule has 1 unspecified atom stereocenters. The topological polar surface area (TPSA) is 55.4 Å². The lowest BCUT2D eigenvalue weighted by Gasteiger charge is -2.12. The Labute approximate surface area is 112 Å². The highest BCUT2D eigenvalue weighted by Gasteiger charge is 2.18. The minimum absolute atomic E-state index is 0.369. The molecule has 0 heterocycles. The van der Waals surface area contributed by atoms with Gasteiger partial charge in [-0.25, -0.2) is 4.79 Å². The summed E-state index contributed by atoms with van der Waals surface area (Å²) in [5.74, 6) is -0.895. The minimum atomic E-state index is -0.710. The SMILES string of the molecule is COC(=O)C(C)NC(=O)c1cc(Cl)ccc1Br. The molecule has 0 fully saturated rings. The molecule has 0 aliphatic carbocycles. The van der Waals surface area contributed by atoms with Gasteiger partial charge in [-0.05, 0) is 41.1 Å². The zero-order chi connectivity index (χ0) is 13.0. The van der Waals surface area contributed by atoms with Crippen LogP contribution in [-0.2, 0) is 9.53 Å². The van der Waals surface area contributed by atoms with E-state index in [0.29, 0.717) is 15.1 Å². The smallest absolute Gasteiger partial charge is 0.328 e. The van der Waals surface area contributed by atoms with Gasteiger partial charge in [0.2, 0.25) is 0 Å². The van der Waals surface area contributed by atoms with Gasteiger partial charge in [-0.3, -0.25) is 4.79 Å². The van der Waals surface area contributed by atoms with Crippen LogP contribution in [0.5, 0.6) is 0 Å². The third-order valence-electron chi connectivity index (χ3n) is 2.08. The van der Waals surface area contributed by atoms with Gasteiger partial charge >= 0.3 is 5.97 Å². The van der Waals surface area contributed by atoms with Gasteiger partial charge in [-0.1, -0.05) is 11.6 Å². The van der Waals surface area contributed by atoms with Gasteiger partial charge in [-0.2, -0.15) is 0 Å². The Morgan fingerprint density at radius 1 is 1.47 bits per heavy atom. The molecule has 0 aliphatic rings. The Bertz CT molecular complexity index is 450. The summed E-state index contributed by atoms with van der Waals surface area (Å²) in [6.45, 7) is 1.54. The van der Waals surface area contributed by atoms with E-state index in [1.165, 1.54) is 13.2 Å². The largest absolute Gasteiger partial charge is 0.467 e. The molecule has 0 saturated heterocycles. The Morgan fingerprint density at radius 2 is 2.12 bits per heavy atom. The summed E-state index contributed by atoms with van der Waals surface area (Å²) in [6, 6.07) is 4.13. The van der Waals surface area contributed by atoms with Crippen molar-refractivity contribution in [2.45, 2.75) is 13.0 Å². The minimum Gasteiger partial charge on any atom is -0.467 e. The predicted octanol–water partition coefficient (Wildman–Crippen LogP) is 2.39. The number of hydrogen-bond donors (Lipinski definition) is 1. The second-order valence-corrected chi connectivity index (χ2v) is 4.63. The number of halogens is 2. The molecule has 4 nitrogen and oxygen atoms in total. The highest BCUT2D eigenvalue weighted by molar-refractivity contribution is 9.10. The molecule has 92 valence electrons. The number of carbonyl (C=O) groups is 2. The van der Waals surface area contributed by atoms with Crippen LogP contribution in [-0.4, -0.2) is 25.0 Å². The molecule has 1 aromatic carbocycles. The maximum atomic E-state index is 11.8. The van der Waals surface area contributed by atoms with Gasteiger partial charge in [0, 0.05) is 9.50 Å². The van der Waals surface area contributed by atoms with E-state index in [9.17, 15) is 9.59 Å². The maximum absolute atomic E-state index is 11.8. The van der Waals surface area contributed by atoms with Gasteiger partial charge < -0.3 is 10.1 Å². The molecule has 6 heteroatoms. The van der Waals surface area contributed by atoms with Crippen molar-refractivity contribution >= 4 is 39.4 Å². The number of esters is 1. The summed E-state index contributed by atoms with van der Waals surface area (Å²) < 4.78 is 5.12. The standard InChI is InChI=1S/C11H11BrClNO3/c1-6(11(16)17-2)14-10(15)8-5-7(13)3-4-9(8)12/h3-6H,1-2H3,(H,14,15). The van der Waals surface area contributed by atoms with Crippen LogP contribution in [0.3, 0.4) is 0 Å². The average molecular weight is 321 g/mol. The fourth-order valence-electron chi connectivity index (χ4n) is 1.18. The van der Waals surface area contributed by atoms with E-state index in [4.69, 9.17) is 11.6 Å². The molecule has 0 spiro atoms. The zero-order valence-corrected chi connectivity index (χ0v) is 11.6. The molecule has 0 aromatic heterocycles. The van der Waals surface area contributed by atoms with E-state index in [0.717, 1.165) is 0 Å². The summed E-state index contributed by atoms with van der Waals surface area (Å²) in [6.07, 6.45) is 0. The quantitative estimate of drug-likeness (QED) is 0.870. The van der Waals surface area contributed by atoms with Crippen LogP contribution in [0, 0.1) is 0 Å². The van der Waals surface area contributed by atoms with E-state index in [1.807, 2.05) is 0 Å². The first-order valence-electron chi connectivity index (χ1n) is 4.79. The molecule has 17 heavy (non-hydrogen) atoms. The molecule has 0 radical (unpaired) electrons. The fraction of sp³-hybridized carbons (Fsp3) is 0.273. The number of methoxy groups -OCH3 is 1. The maximum Gasteiger partial charge on any atom is 0.328 e. The summed E-state index contributed by atoms with van der Waals surface area (Å²) in [5.41, 5.74) is 0.369. The number of benzene rings is 1. The summed E-state index contributed by atoms with van der Waals surface area (Å²) in [4.78, 5) is 23.0. The van der Waals surface area contributed by atoms with E-state index < -0.39 is 17.9 Å². The van der Waals surface area contributed by atoms with Crippen LogP contribution in [0.15, 0.2) is 22.7 Å². The lowest BCUT2D eigenvalue weighted by Crippen LogP contribution is -2.39. The molecule has 1 atom stereocenters. The number of hydrogen-bond acceptors (Lipinski definition) is 3. The van der Waals surface area contributed by atoms with Crippen molar-refractivity contribution in [1.82, 2.24) is 5.32 Å².